The van der Waals surface area contributed by atoms with Crippen molar-refractivity contribution in [3.63, 3.8) is 0 Å². The molecule has 0 fully saturated rings. The molecule has 3 rings (SSSR count). The Balaban J connectivity index is 1.78. The zero-order valence-electron chi connectivity index (χ0n) is 17.5. The lowest BCUT2D eigenvalue weighted by atomic mass is 10.1. The fourth-order valence-corrected chi connectivity index (χ4v) is 2.77. The number of hydrogen-bond donors (Lipinski definition) is 2. The smallest absolute Gasteiger partial charge is 0.257 e. The number of carbonyl (C=O) groups is 1. The molecule has 0 saturated heterocycles. The molecule has 0 saturated carbocycles. The third-order valence-electron chi connectivity index (χ3n) is 4.60. The summed E-state index contributed by atoms with van der Waals surface area (Å²) in [6, 6.07) is 16.8. The Morgan fingerprint density at radius 2 is 1.73 bits per heavy atom. The van der Waals surface area contributed by atoms with Crippen molar-refractivity contribution in [1.82, 2.24) is 10.3 Å². The molecule has 0 radical (unpaired) electrons. The second-order valence-corrected chi connectivity index (χ2v) is 6.86. The van der Waals surface area contributed by atoms with Gasteiger partial charge in [0, 0.05) is 23.6 Å². The van der Waals surface area contributed by atoms with Gasteiger partial charge >= 0.3 is 0 Å². The van der Waals surface area contributed by atoms with Crippen LogP contribution < -0.4 is 15.4 Å². The normalized spacial score (nSPS) is 11.1. The molecule has 1 heterocycles. The van der Waals surface area contributed by atoms with E-state index < -0.39 is 0 Å². The van der Waals surface area contributed by atoms with Crippen LogP contribution >= 0.6 is 0 Å². The zero-order chi connectivity index (χ0) is 21.3. The van der Waals surface area contributed by atoms with E-state index in [1.165, 1.54) is 5.56 Å². The summed E-state index contributed by atoms with van der Waals surface area (Å²) in [7, 11) is 0. The van der Waals surface area contributed by atoms with Gasteiger partial charge < -0.3 is 10.1 Å². The molecule has 0 bridgehead atoms. The van der Waals surface area contributed by atoms with Crippen LogP contribution in [-0.2, 0) is 6.54 Å². The Bertz CT molecular complexity index is 1020. The molecule has 0 aliphatic rings. The van der Waals surface area contributed by atoms with Crippen LogP contribution in [0.25, 0.3) is 0 Å². The molecular formula is C24H26N4O2. The molecule has 6 heteroatoms. The number of anilines is 1. The number of amides is 1. The highest BCUT2D eigenvalue weighted by molar-refractivity contribution is 6.10. The van der Waals surface area contributed by atoms with E-state index in [0.29, 0.717) is 24.7 Å². The monoisotopic (exact) mass is 402 g/mol. The number of guanidine groups is 1. The van der Waals surface area contributed by atoms with Crippen LogP contribution in [0.5, 0.6) is 5.75 Å². The topological polar surface area (TPSA) is 75.6 Å². The standard InChI is InChI=1S/C24H26N4O2/c1-4-30-22-9-6-20(7-10-22)23(29)28-24(26-16-19-11-13-25-14-12-19)27-21-8-5-17(2)18(3)15-21/h5-15H,4,16H2,1-3H3,(H2,26,27,28,29). The summed E-state index contributed by atoms with van der Waals surface area (Å²) in [6.45, 7) is 7.03. The number of aliphatic imine (C=N–C) groups is 1. The van der Waals surface area contributed by atoms with E-state index in [1.54, 1.807) is 36.7 Å². The molecule has 1 aromatic heterocycles. The summed E-state index contributed by atoms with van der Waals surface area (Å²) < 4.78 is 5.44. The number of nitrogens with one attached hydrogen (secondary N) is 2. The van der Waals surface area contributed by atoms with E-state index in [0.717, 1.165) is 22.6 Å². The second kappa shape index (κ2) is 10.2. The Morgan fingerprint density at radius 1 is 1.00 bits per heavy atom. The third-order valence-corrected chi connectivity index (χ3v) is 4.60. The fourth-order valence-electron chi connectivity index (χ4n) is 2.77. The molecule has 6 nitrogen and oxygen atoms in total. The highest BCUT2D eigenvalue weighted by atomic mass is 16.5. The first kappa shape index (κ1) is 21.0. The highest BCUT2D eigenvalue weighted by Gasteiger charge is 2.10. The van der Waals surface area contributed by atoms with Crippen LogP contribution in [0.2, 0.25) is 0 Å². The summed E-state index contributed by atoms with van der Waals surface area (Å²) >= 11 is 0. The van der Waals surface area contributed by atoms with Crippen LogP contribution in [0.1, 0.15) is 34.0 Å². The minimum atomic E-state index is -0.247. The lowest BCUT2D eigenvalue weighted by Gasteiger charge is -2.13. The SMILES string of the molecule is CCOc1ccc(C(=O)NC(=NCc2ccncc2)Nc2ccc(C)c(C)c2)cc1. The van der Waals surface area contributed by atoms with Gasteiger partial charge in [-0.25, -0.2) is 4.99 Å². The molecule has 0 unspecified atom stereocenters. The van der Waals surface area contributed by atoms with Crippen molar-refractivity contribution < 1.29 is 9.53 Å². The van der Waals surface area contributed by atoms with E-state index in [-0.39, 0.29) is 5.91 Å². The van der Waals surface area contributed by atoms with Crippen molar-refractivity contribution in [1.29, 1.82) is 0 Å². The quantitative estimate of drug-likeness (QED) is 0.470. The number of benzene rings is 2. The molecule has 0 spiro atoms. The van der Waals surface area contributed by atoms with Gasteiger partial charge in [-0.1, -0.05) is 6.07 Å². The van der Waals surface area contributed by atoms with Gasteiger partial charge in [-0.2, -0.15) is 0 Å². The van der Waals surface area contributed by atoms with E-state index in [4.69, 9.17) is 4.74 Å². The predicted molar refractivity (Wildman–Crippen MR) is 120 cm³/mol. The first-order chi connectivity index (χ1) is 14.5. The number of pyridine rings is 1. The summed E-state index contributed by atoms with van der Waals surface area (Å²) in [4.78, 5) is 21.4. The molecule has 2 aromatic carbocycles. The zero-order valence-corrected chi connectivity index (χ0v) is 17.5. The second-order valence-electron chi connectivity index (χ2n) is 6.86. The Hall–Kier alpha value is -3.67. The molecule has 0 aliphatic carbocycles. The van der Waals surface area contributed by atoms with Crippen molar-refractivity contribution >= 4 is 17.6 Å². The number of ether oxygens (including phenoxy) is 1. The van der Waals surface area contributed by atoms with Gasteiger partial charge in [0.15, 0.2) is 0 Å². The maximum atomic E-state index is 12.8. The number of aromatic nitrogens is 1. The summed E-state index contributed by atoms with van der Waals surface area (Å²) in [6.07, 6.45) is 3.44. The van der Waals surface area contributed by atoms with Crippen molar-refractivity contribution in [2.45, 2.75) is 27.3 Å². The van der Waals surface area contributed by atoms with Crippen LogP contribution in [0.3, 0.4) is 0 Å². The van der Waals surface area contributed by atoms with Crippen molar-refractivity contribution in [2.75, 3.05) is 11.9 Å². The van der Waals surface area contributed by atoms with Crippen molar-refractivity contribution in [3.05, 3.63) is 89.2 Å². The molecule has 0 aliphatic heterocycles. The van der Waals surface area contributed by atoms with Crippen LogP contribution in [0.4, 0.5) is 5.69 Å². The molecule has 1 amide bonds. The molecular weight excluding hydrogens is 376 g/mol. The number of rotatable bonds is 6. The van der Waals surface area contributed by atoms with Crippen LogP contribution in [-0.4, -0.2) is 23.5 Å². The lowest BCUT2D eigenvalue weighted by molar-refractivity contribution is 0.0977. The highest BCUT2D eigenvalue weighted by Crippen LogP contribution is 2.15. The predicted octanol–water partition coefficient (Wildman–Crippen LogP) is 4.50. The number of carbonyl (C=O) groups excluding carboxylic acids is 1. The van der Waals surface area contributed by atoms with Gasteiger partial charge in [0.1, 0.15) is 5.75 Å². The first-order valence-electron chi connectivity index (χ1n) is 9.87. The third kappa shape index (κ3) is 5.91. The average molecular weight is 402 g/mol. The average Bonchev–Trinajstić information content (AvgIpc) is 2.76. The first-order valence-corrected chi connectivity index (χ1v) is 9.87. The molecule has 30 heavy (non-hydrogen) atoms. The van der Waals surface area contributed by atoms with E-state index >= 15 is 0 Å². The van der Waals surface area contributed by atoms with Crippen LogP contribution in [0.15, 0.2) is 72.0 Å². The van der Waals surface area contributed by atoms with Crippen molar-refractivity contribution in [2.24, 2.45) is 4.99 Å². The molecule has 3 aromatic rings. The Kier molecular flexibility index (Phi) is 7.16. The van der Waals surface area contributed by atoms with Gasteiger partial charge in [-0.15, -0.1) is 0 Å². The van der Waals surface area contributed by atoms with Gasteiger partial charge in [0.2, 0.25) is 5.96 Å². The minimum Gasteiger partial charge on any atom is -0.494 e. The molecule has 2 N–H and O–H groups in total. The summed E-state index contributed by atoms with van der Waals surface area (Å²) in [5.41, 5.74) is 4.75. The number of nitrogens with zero attached hydrogens (tertiary/aromatic N) is 2. The summed E-state index contributed by atoms with van der Waals surface area (Å²) in [5, 5.41) is 6.11. The van der Waals surface area contributed by atoms with Crippen molar-refractivity contribution in [3.8, 4) is 5.75 Å². The summed E-state index contributed by atoms with van der Waals surface area (Å²) in [5.74, 6) is 0.866. The van der Waals surface area contributed by atoms with Gasteiger partial charge in [-0.3, -0.25) is 15.1 Å². The Morgan fingerprint density at radius 3 is 2.40 bits per heavy atom. The molecule has 154 valence electrons. The van der Waals surface area contributed by atoms with Gasteiger partial charge in [0.05, 0.1) is 13.2 Å². The van der Waals surface area contributed by atoms with E-state index in [2.05, 4.69) is 27.5 Å². The molecule has 0 atom stereocenters. The maximum absolute atomic E-state index is 12.8. The minimum absolute atomic E-state index is 0.247. The largest absolute Gasteiger partial charge is 0.494 e. The Labute approximate surface area is 177 Å². The number of aryl methyl sites for hydroxylation is 2. The number of hydrogen-bond acceptors (Lipinski definition) is 4. The fraction of sp³-hybridized carbons (Fsp3) is 0.208. The van der Waals surface area contributed by atoms with Gasteiger partial charge in [-0.05, 0) is 86.0 Å². The lowest BCUT2D eigenvalue weighted by Crippen LogP contribution is -2.36. The van der Waals surface area contributed by atoms with E-state index in [1.807, 2.05) is 44.2 Å². The van der Waals surface area contributed by atoms with Gasteiger partial charge in [0.25, 0.3) is 5.91 Å². The van der Waals surface area contributed by atoms with Crippen LogP contribution in [0, 0.1) is 13.8 Å². The van der Waals surface area contributed by atoms with E-state index in [9.17, 15) is 4.79 Å². The maximum Gasteiger partial charge on any atom is 0.257 e.